The van der Waals surface area contributed by atoms with Crippen molar-refractivity contribution < 1.29 is 9.90 Å². The number of hydrogen-bond donors (Lipinski definition) is 3. The van der Waals surface area contributed by atoms with Gasteiger partial charge in [0.25, 0.3) is 0 Å². The molecule has 0 aromatic carbocycles. The maximum atomic E-state index is 11.3. The summed E-state index contributed by atoms with van der Waals surface area (Å²) in [5, 5.41) is 14.1. The first-order chi connectivity index (χ1) is 11.6. The molecule has 0 saturated carbocycles. The van der Waals surface area contributed by atoms with E-state index in [1.54, 1.807) is 24.7 Å². The number of aromatic nitrogens is 4. The van der Waals surface area contributed by atoms with Gasteiger partial charge in [0.1, 0.15) is 5.69 Å². The molecule has 0 fully saturated rings. The van der Waals surface area contributed by atoms with Crippen molar-refractivity contribution in [1.82, 2.24) is 19.9 Å². The maximum absolute atomic E-state index is 11.3. The minimum atomic E-state index is -1.01. The standard InChI is InChI=1S/C17H13N5O2/c1-9-6-10(2-5-19-9)20-16-15-12(7-13(21-15)17(23)24)11-3-4-18-8-14(11)22-16/h2-8,21H,1H3,(H,23,24)(H,19,20,22). The molecule has 0 aliphatic heterocycles. The van der Waals surface area contributed by atoms with Gasteiger partial charge in [0.15, 0.2) is 5.82 Å². The summed E-state index contributed by atoms with van der Waals surface area (Å²) < 4.78 is 0. The fourth-order valence-electron chi connectivity index (χ4n) is 2.70. The van der Waals surface area contributed by atoms with Crippen molar-refractivity contribution in [1.29, 1.82) is 0 Å². The summed E-state index contributed by atoms with van der Waals surface area (Å²) in [7, 11) is 0. The van der Waals surface area contributed by atoms with E-state index in [2.05, 4.69) is 25.3 Å². The highest BCUT2D eigenvalue weighted by molar-refractivity contribution is 6.11. The van der Waals surface area contributed by atoms with Crippen LogP contribution in [0, 0.1) is 6.92 Å². The highest BCUT2D eigenvalue weighted by Crippen LogP contribution is 2.31. The van der Waals surface area contributed by atoms with Gasteiger partial charge in [-0.1, -0.05) is 0 Å². The van der Waals surface area contributed by atoms with Gasteiger partial charge in [-0.25, -0.2) is 9.78 Å². The van der Waals surface area contributed by atoms with Crippen molar-refractivity contribution in [3.63, 3.8) is 0 Å². The van der Waals surface area contributed by atoms with E-state index in [0.717, 1.165) is 22.2 Å². The number of carbonyl (C=O) groups is 1. The largest absolute Gasteiger partial charge is 0.477 e. The lowest BCUT2D eigenvalue weighted by atomic mass is 10.1. The van der Waals surface area contributed by atoms with Gasteiger partial charge in [0.05, 0.1) is 17.2 Å². The molecule has 7 nitrogen and oxygen atoms in total. The monoisotopic (exact) mass is 319 g/mol. The minimum absolute atomic E-state index is 0.116. The highest BCUT2D eigenvalue weighted by atomic mass is 16.4. The zero-order chi connectivity index (χ0) is 16.7. The van der Waals surface area contributed by atoms with Crippen LogP contribution in [0.5, 0.6) is 0 Å². The van der Waals surface area contributed by atoms with Crippen LogP contribution in [-0.4, -0.2) is 31.0 Å². The number of aryl methyl sites for hydroxylation is 1. The molecule has 0 unspecified atom stereocenters. The summed E-state index contributed by atoms with van der Waals surface area (Å²) >= 11 is 0. The number of H-pyrrole nitrogens is 1. The second kappa shape index (κ2) is 5.31. The molecule has 0 atom stereocenters. The number of fused-ring (bicyclic) bond motifs is 3. The van der Waals surface area contributed by atoms with Crippen LogP contribution in [0.3, 0.4) is 0 Å². The van der Waals surface area contributed by atoms with E-state index in [-0.39, 0.29) is 5.69 Å². The Kier molecular flexibility index (Phi) is 3.13. The molecule has 4 aromatic rings. The van der Waals surface area contributed by atoms with Crippen molar-refractivity contribution in [2.45, 2.75) is 6.92 Å². The zero-order valence-electron chi connectivity index (χ0n) is 12.7. The van der Waals surface area contributed by atoms with Gasteiger partial charge in [-0.3, -0.25) is 9.97 Å². The number of carboxylic acid groups (broad SMARTS) is 1. The fourth-order valence-corrected chi connectivity index (χ4v) is 2.70. The van der Waals surface area contributed by atoms with E-state index < -0.39 is 5.97 Å². The lowest BCUT2D eigenvalue weighted by Gasteiger charge is -2.09. The van der Waals surface area contributed by atoms with Gasteiger partial charge in [-0.2, -0.15) is 0 Å². The van der Waals surface area contributed by atoms with Crippen LogP contribution in [0.25, 0.3) is 21.8 Å². The Morgan fingerprint density at radius 3 is 2.88 bits per heavy atom. The van der Waals surface area contributed by atoms with Crippen LogP contribution in [0.15, 0.2) is 42.9 Å². The summed E-state index contributed by atoms with van der Waals surface area (Å²) in [6.07, 6.45) is 5.02. The lowest BCUT2D eigenvalue weighted by molar-refractivity contribution is 0.0691. The van der Waals surface area contributed by atoms with Crippen molar-refractivity contribution in [2.24, 2.45) is 0 Å². The zero-order valence-corrected chi connectivity index (χ0v) is 12.7. The van der Waals surface area contributed by atoms with Crippen molar-refractivity contribution in [2.75, 3.05) is 5.32 Å². The number of aromatic amines is 1. The number of anilines is 2. The van der Waals surface area contributed by atoms with Gasteiger partial charge in [-0.15, -0.1) is 0 Å². The van der Waals surface area contributed by atoms with Crippen LogP contribution in [0.1, 0.15) is 16.2 Å². The third-order valence-corrected chi connectivity index (χ3v) is 3.77. The smallest absolute Gasteiger partial charge is 0.352 e. The van der Waals surface area contributed by atoms with Crippen molar-refractivity contribution >= 4 is 39.3 Å². The second-order valence-corrected chi connectivity index (χ2v) is 5.44. The van der Waals surface area contributed by atoms with Crippen LogP contribution in [-0.2, 0) is 0 Å². The quantitative estimate of drug-likeness (QED) is 0.535. The summed E-state index contributed by atoms with van der Waals surface area (Å²) in [6, 6.07) is 7.16. The van der Waals surface area contributed by atoms with Gasteiger partial charge in [-0.05, 0) is 31.2 Å². The molecule has 0 spiro atoms. The third-order valence-electron chi connectivity index (χ3n) is 3.77. The average Bonchev–Trinajstić information content (AvgIpc) is 3.01. The second-order valence-electron chi connectivity index (χ2n) is 5.44. The van der Waals surface area contributed by atoms with Crippen molar-refractivity contribution in [3.05, 3.63) is 54.2 Å². The molecule has 0 bridgehead atoms. The first-order valence-corrected chi connectivity index (χ1v) is 7.31. The van der Waals surface area contributed by atoms with Crippen molar-refractivity contribution in [3.8, 4) is 0 Å². The fraction of sp³-hybridized carbons (Fsp3) is 0.0588. The first-order valence-electron chi connectivity index (χ1n) is 7.31. The van der Waals surface area contributed by atoms with E-state index in [1.165, 1.54) is 0 Å². The number of pyridine rings is 3. The Labute approximate surface area is 136 Å². The van der Waals surface area contributed by atoms with E-state index >= 15 is 0 Å². The van der Waals surface area contributed by atoms with E-state index in [9.17, 15) is 9.90 Å². The lowest BCUT2D eigenvalue weighted by Crippen LogP contribution is -1.98. The number of nitrogens with zero attached hydrogens (tertiary/aromatic N) is 3. The van der Waals surface area contributed by atoms with Gasteiger partial charge in [0.2, 0.25) is 0 Å². The number of aromatic carboxylic acids is 1. The molecule has 118 valence electrons. The molecule has 0 aliphatic carbocycles. The first kappa shape index (κ1) is 14.1. The molecule has 4 aromatic heterocycles. The SMILES string of the molecule is Cc1cc(Nc2nc3cnccc3c3cc(C(=O)O)[nH]c23)ccn1. The molecule has 0 radical (unpaired) electrons. The number of nitrogens with one attached hydrogen (secondary N) is 2. The highest BCUT2D eigenvalue weighted by Gasteiger charge is 2.15. The Balaban J connectivity index is 1.96. The molecular weight excluding hydrogens is 306 g/mol. The summed E-state index contributed by atoms with van der Waals surface area (Å²) in [5.74, 6) is -0.470. The molecular formula is C17H13N5O2. The normalized spacial score (nSPS) is 11.0. The third kappa shape index (κ3) is 2.32. The van der Waals surface area contributed by atoms with Gasteiger partial charge < -0.3 is 15.4 Å². The Morgan fingerprint density at radius 1 is 1.21 bits per heavy atom. The number of carboxylic acids is 1. The summed E-state index contributed by atoms with van der Waals surface area (Å²) in [6.45, 7) is 1.90. The van der Waals surface area contributed by atoms with E-state index in [0.29, 0.717) is 16.9 Å². The van der Waals surface area contributed by atoms with Crippen LogP contribution < -0.4 is 5.32 Å². The number of rotatable bonds is 3. The van der Waals surface area contributed by atoms with Gasteiger partial charge >= 0.3 is 5.97 Å². The maximum Gasteiger partial charge on any atom is 0.352 e. The average molecular weight is 319 g/mol. The minimum Gasteiger partial charge on any atom is -0.477 e. The number of hydrogen-bond acceptors (Lipinski definition) is 5. The van der Waals surface area contributed by atoms with E-state index in [4.69, 9.17) is 0 Å². The van der Waals surface area contributed by atoms with Crippen LogP contribution >= 0.6 is 0 Å². The van der Waals surface area contributed by atoms with Gasteiger partial charge in [0, 0.05) is 34.5 Å². The summed E-state index contributed by atoms with van der Waals surface area (Å²) in [4.78, 5) is 27.1. The van der Waals surface area contributed by atoms with Crippen LogP contribution in [0.2, 0.25) is 0 Å². The van der Waals surface area contributed by atoms with E-state index in [1.807, 2.05) is 25.1 Å². The topological polar surface area (TPSA) is 104 Å². The Bertz CT molecular complexity index is 1090. The Hall–Kier alpha value is -3.48. The molecule has 4 heterocycles. The summed E-state index contributed by atoms with van der Waals surface area (Å²) in [5.41, 5.74) is 3.14. The molecule has 4 rings (SSSR count). The molecule has 3 N–H and O–H groups in total. The molecule has 24 heavy (non-hydrogen) atoms. The van der Waals surface area contributed by atoms with Crippen LogP contribution in [0.4, 0.5) is 11.5 Å². The molecule has 0 amide bonds. The molecule has 0 aliphatic rings. The molecule has 0 saturated heterocycles. The molecule has 7 heteroatoms. The predicted molar refractivity (Wildman–Crippen MR) is 90.6 cm³/mol. The Morgan fingerprint density at radius 2 is 2.08 bits per heavy atom. The predicted octanol–water partition coefficient (Wildman–Crippen LogP) is 3.26.